The molecule has 0 bridgehead atoms. The average Bonchev–Trinajstić information content (AvgIpc) is 3.34. The molecule has 6 saturated heterocycles. The van der Waals surface area contributed by atoms with Crippen molar-refractivity contribution in [2.24, 2.45) is 0 Å². The molecule has 0 aromatic carbocycles. The van der Waals surface area contributed by atoms with Gasteiger partial charge in [0.05, 0.1) is 38.6 Å². The van der Waals surface area contributed by atoms with Gasteiger partial charge in [0.1, 0.15) is 134 Å². The predicted octanol–water partition coefficient (Wildman–Crippen LogP) is -11.9. The molecule has 0 aromatic rings. The molecule has 6 aliphatic rings. The zero-order chi connectivity index (χ0) is 55.7. The largest absolute Gasteiger partial charge is 0.397 e. The van der Waals surface area contributed by atoms with E-state index in [-0.39, 0.29) is 0 Å². The van der Waals surface area contributed by atoms with Crippen molar-refractivity contribution in [1.82, 2.24) is 10.6 Å². The van der Waals surface area contributed by atoms with E-state index in [4.69, 9.17) is 52.1 Å². The van der Waals surface area contributed by atoms with Crippen molar-refractivity contribution in [2.75, 3.05) is 26.4 Å². The Balaban J connectivity index is 1.31. The summed E-state index contributed by atoms with van der Waals surface area (Å²) in [5.41, 5.74) is 0. The van der Waals surface area contributed by atoms with Gasteiger partial charge in [-0.25, -0.2) is 4.18 Å². The molecule has 35 heteroatoms. The summed E-state index contributed by atoms with van der Waals surface area (Å²) in [5.74, 6) is -1.72. The molecule has 6 heterocycles. The molecule has 34 nitrogen and oxygen atoms in total. The normalized spacial score (nSPS) is 49.0. The lowest BCUT2D eigenvalue weighted by Crippen LogP contribution is -2.70. The summed E-state index contributed by atoms with van der Waals surface area (Å²) >= 11 is 0. The molecule has 0 spiro atoms. The van der Waals surface area contributed by atoms with E-state index in [9.17, 15) is 99.2 Å². The summed E-state index contributed by atoms with van der Waals surface area (Å²) < 4.78 is 101. The van der Waals surface area contributed by atoms with E-state index >= 15 is 0 Å². The first kappa shape index (κ1) is 62.0. The molecule has 0 aliphatic carbocycles. The highest BCUT2D eigenvalue weighted by molar-refractivity contribution is 7.80. The summed E-state index contributed by atoms with van der Waals surface area (Å²) in [6, 6.07) is -3.53. The zero-order valence-electron chi connectivity index (χ0n) is 40.2. The van der Waals surface area contributed by atoms with Gasteiger partial charge in [-0.2, -0.15) is 8.42 Å². The summed E-state index contributed by atoms with van der Waals surface area (Å²) in [6.07, 6.45) is -53.4. The molecular formula is C40H68N2O32S. The number of amides is 2. The van der Waals surface area contributed by atoms with Gasteiger partial charge in [-0.05, 0) is 13.8 Å². The highest BCUT2D eigenvalue weighted by Crippen LogP contribution is 2.37. The van der Waals surface area contributed by atoms with Gasteiger partial charge in [0, 0.05) is 13.8 Å². The molecule has 75 heavy (non-hydrogen) atoms. The van der Waals surface area contributed by atoms with E-state index in [1.54, 1.807) is 0 Å². The standard InChI is InChI=1S/C40H68N2O32S/c1-9-19(48)24(53)27(56)37(64-9)72-32-18(42-12(4)47)36(69-15(7-45)30(32)70-39-29(58)33(74-75(60,61)62)22(51)14(6-44)67-39)63-8-16-23(52)31(17(35(59)66-16)41-11(3)46)71-40-34(26(55)21(50)13(5-43)68-40)73-38-28(57)25(54)20(49)10(2)65-38/h9-10,13-40,43-45,48-59H,5-8H2,1-4H3,(H,41,46)(H,42,47)(H,60,61,62)/t9-,10-,13+,14+,15+,16+,17+,18+,19+,20+,21-,22-,23-,24+,25+,26-,27-,28-,29+,30+,31+,32+,33-,34+,35-,36+,37-,38-,39-,40-/m0/s1. The third kappa shape index (κ3) is 14.0. The van der Waals surface area contributed by atoms with Gasteiger partial charge in [-0.1, -0.05) is 0 Å². The molecule has 30 atom stereocenters. The van der Waals surface area contributed by atoms with Crippen molar-refractivity contribution in [3.63, 3.8) is 0 Å². The smallest absolute Gasteiger partial charge is 0.394 e. The topological polar surface area (TPSA) is 527 Å². The second kappa shape index (κ2) is 25.9. The minimum atomic E-state index is -5.43. The van der Waals surface area contributed by atoms with Gasteiger partial charge in [0.15, 0.2) is 37.7 Å². The predicted molar refractivity (Wildman–Crippen MR) is 230 cm³/mol. The SMILES string of the molecule is CC(=O)N[C@@H]1[C@@H](O[C@@H]2O[C@H](CO)[C@H](O)[C@H](O)[C@H]2O[C@@H]2O[C@@H](C)[C@@H](O)[C@@H](O)[C@@H]2O)[C@@H](O)[C@@H](CO[C@@H]2O[C@H](CO)[C@@H](O[C@@H]3O[C@H](CO)[C@H](O)[C@H](OS(=O)(=O)O)[C@H]3O)[C@H](O[C@@H]3O[C@@H](C)[C@@H](O)[C@@H](O)[C@@H]3O)[C@H]2NC(C)=O)O[C@@H]1O. The number of aliphatic hydroxyl groups is 15. The maximum atomic E-state index is 13.0. The lowest BCUT2D eigenvalue weighted by atomic mass is 9.94. The van der Waals surface area contributed by atoms with Gasteiger partial charge < -0.3 is 139 Å². The summed E-state index contributed by atoms with van der Waals surface area (Å²) in [6.45, 7) is 0.490. The number of carbonyl (C=O) groups is 2. The second-order valence-corrected chi connectivity index (χ2v) is 19.8. The molecule has 6 rings (SSSR count). The third-order valence-corrected chi connectivity index (χ3v) is 13.8. The van der Waals surface area contributed by atoms with Gasteiger partial charge in [0.2, 0.25) is 11.8 Å². The van der Waals surface area contributed by atoms with Gasteiger partial charge >= 0.3 is 10.4 Å². The molecule has 0 unspecified atom stereocenters. The van der Waals surface area contributed by atoms with Gasteiger partial charge in [0.25, 0.3) is 0 Å². The number of nitrogens with one attached hydrogen (secondary N) is 2. The van der Waals surface area contributed by atoms with Crippen LogP contribution in [0.3, 0.4) is 0 Å². The van der Waals surface area contributed by atoms with Crippen molar-refractivity contribution in [3.05, 3.63) is 0 Å². The summed E-state index contributed by atoms with van der Waals surface area (Å²) in [7, 11) is -5.43. The van der Waals surface area contributed by atoms with Gasteiger partial charge in [-0.3, -0.25) is 14.1 Å². The van der Waals surface area contributed by atoms with Crippen molar-refractivity contribution in [1.29, 1.82) is 0 Å². The Morgan fingerprint density at radius 2 is 0.880 bits per heavy atom. The van der Waals surface area contributed by atoms with Crippen LogP contribution in [-0.4, -0.2) is 312 Å². The molecule has 436 valence electrons. The van der Waals surface area contributed by atoms with Crippen LogP contribution in [-0.2, 0) is 76.3 Å². The quantitative estimate of drug-likeness (QED) is 0.0567. The van der Waals surface area contributed by atoms with Crippen molar-refractivity contribution in [3.8, 4) is 0 Å². The van der Waals surface area contributed by atoms with E-state index in [0.29, 0.717) is 0 Å². The fourth-order valence-electron chi connectivity index (χ4n) is 9.32. The molecule has 0 saturated carbocycles. The van der Waals surface area contributed by atoms with Crippen LogP contribution in [0.2, 0.25) is 0 Å². The highest BCUT2D eigenvalue weighted by Gasteiger charge is 2.58. The Kier molecular flexibility index (Phi) is 21.4. The molecule has 2 amide bonds. The molecule has 6 fully saturated rings. The monoisotopic (exact) mass is 1120 g/mol. The van der Waals surface area contributed by atoms with Crippen LogP contribution in [0, 0.1) is 0 Å². The molecule has 0 radical (unpaired) electrons. The second-order valence-electron chi connectivity index (χ2n) is 18.7. The molecular weight excluding hydrogens is 1050 g/mol. The van der Waals surface area contributed by atoms with Crippen LogP contribution in [0.1, 0.15) is 27.7 Å². The van der Waals surface area contributed by atoms with Crippen LogP contribution in [0.15, 0.2) is 0 Å². The number of hydrogen-bond donors (Lipinski definition) is 18. The van der Waals surface area contributed by atoms with Crippen LogP contribution < -0.4 is 10.6 Å². The highest BCUT2D eigenvalue weighted by atomic mass is 32.3. The Hall–Kier alpha value is -2.23. The van der Waals surface area contributed by atoms with Crippen molar-refractivity contribution < 1.29 is 155 Å². The van der Waals surface area contributed by atoms with Crippen LogP contribution >= 0.6 is 0 Å². The van der Waals surface area contributed by atoms with E-state index < -0.39 is 233 Å². The van der Waals surface area contributed by atoms with Crippen LogP contribution in [0.25, 0.3) is 0 Å². The minimum absolute atomic E-state index is 0.828. The number of rotatable bonds is 18. The fraction of sp³-hybridized carbons (Fsp3) is 0.950. The van der Waals surface area contributed by atoms with E-state index in [2.05, 4.69) is 14.8 Å². The van der Waals surface area contributed by atoms with Crippen molar-refractivity contribution >= 4 is 22.2 Å². The number of carbonyl (C=O) groups excluding carboxylic acids is 2. The average molecular weight is 1120 g/mol. The molecule has 18 N–H and O–H groups in total. The lowest BCUT2D eigenvalue weighted by Gasteiger charge is -2.50. The van der Waals surface area contributed by atoms with Crippen LogP contribution in [0.5, 0.6) is 0 Å². The Morgan fingerprint density at radius 1 is 0.440 bits per heavy atom. The summed E-state index contributed by atoms with van der Waals surface area (Å²) in [4.78, 5) is 25.4. The van der Waals surface area contributed by atoms with Crippen molar-refractivity contribution in [2.45, 2.75) is 212 Å². The minimum Gasteiger partial charge on any atom is -0.394 e. The lowest BCUT2D eigenvalue weighted by molar-refractivity contribution is -0.383. The number of ether oxygens (including phenoxy) is 11. The third-order valence-electron chi connectivity index (χ3n) is 13.3. The Morgan fingerprint density at radius 3 is 1.40 bits per heavy atom. The van der Waals surface area contributed by atoms with E-state index in [1.807, 2.05) is 0 Å². The Bertz CT molecular complexity index is 1970. The molecule has 0 aromatic heterocycles. The Labute approximate surface area is 425 Å². The molecule has 6 aliphatic heterocycles. The summed E-state index contributed by atoms with van der Waals surface area (Å²) in [5, 5.41) is 166. The first-order chi connectivity index (χ1) is 35.1. The van der Waals surface area contributed by atoms with E-state index in [0.717, 1.165) is 13.8 Å². The van der Waals surface area contributed by atoms with Gasteiger partial charge in [-0.15, -0.1) is 0 Å². The van der Waals surface area contributed by atoms with Crippen LogP contribution in [0.4, 0.5) is 0 Å². The fourth-order valence-corrected chi connectivity index (χ4v) is 9.83. The maximum Gasteiger partial charge on any atom is 0.397 e. The first-order valence-corrected chi connectivity index (χ1v) is 24.8. The first-order valence-electron chi connectivity index (χ1n) is 23.5. The number of aliphatic hydroxyl groups excluding tert-OH is 15. The van der Waals surface area contributed by atoms with E-state index in [1.165, 1.54) is 13.8 Å². The zero-order valence-corrected chi connectivity index (χ0v) is 41.1. The number of hydrogen-bond acceptors (Lipinski definition) is 31. The maximum absolute atomic E-state index is 13.0.